The lowest BCUT2D eigenvalue weighted by Crippen LogP contribution is -2.22. The van der Waals surface area contributed by atoms with Crippen LogP contribution in [0, 0.1) is 0 Å². The van der Waals surface area contributed by atoms with Crippen LogP contribution in [-0.2, 0) is 5.41 Å². The first kappa shape index (κ1) is 13.2. The minimum Gasteiger partial charge on any atom is -0.395 e. The predicted molar refractivity (Wildman–Crippen MR) is 69.9 cm³/mol. The lowest BCUT2D eigenvalue weighted by molar-refractivity contribution is 0.218. The third kappa shape index (κ3) is 2.85. The summed E-state index contributed by atoms with van der Waals surface area (Å²) < 4.78 is 0. The topological polar surface area (TPSA) is 20.2 Å². The molecule has 1 aromatic carbocycles. The highest BCUT2D eigenvalue weighted by atomic mass is 16.3. The van der Waals surface area contributed by atoms with E-state index in [0.717, 1.165) is 0 Å². The van der Waals surface area contributed by atoms with E-state index in [0.29, 0.717) is 5.92 Å². The largest absolute Gasteiger partial charge is 0.395 e. The number of rotatable bonds is 5. The fourth-order valence-electron chi connectivity index (χ4n) is 2.06. The van der Waals surface area contributed by atoms with E-state index < -0.39 is 0 Å². The summed E-state index contributed by atoms with van der Waals surface area (Å²) in [5.74, 6) is 0.648. The van der Waals surface area contributed by atoms with Gasteiger partial charge in [-0.3, -0.25) is 0 Å². The average molecular weight is 220 g/mol. The maximum atomic E-state index is 9.39. The number of hydrogen-bond donors (Lipinski definition) is 1. The van der Waals surface area contributed by atoms with Crippen molar-refractivity contribution >= 4 is 0 Å². The Bertz CT molecular complexity index is 324. The van der Waals surface area contributed by atoms with E-state index in [2.05, 4.69) is 52.0 Å². The molecule has 0 fully saturated rings. The van der Waals surface area contributed by atoms with Gasteiger partial charge < -0.3 is 5.11 Å². The zero-order chi connectivity index (χ0) is 12.2. The fourth-order valence-corrected chi connectivity index (χ4v) is 2.06. The van der Waals surface area contributed by atoms with Crippen molar-refractivity contribution in [1.29, 1.82) is 0 Å². The van der Waals surface area contributed by atoms with Gasteiger partial charge in [0.1, 0.15) is 0 Å². The summed E-state index contributed by atoms with van der Waals surface area (Å²) in [4.78, 5) is 0. The Kier molecular flexibility index (Phi) is 4.55. The van der Waals surface area contributed by atoms with E-state index in [1.54, 1.807) is 0 Å². The van der Waals surface area contributed by atoms with Crippen molar-refractivity contribution < 1.29 is 5.11 Å². The summed E-state index contributed by atoms with van der Waals surface area (Å²) in [5.41, 5.74) is 2.51. The lowest BCUT2D eigenvalue weighted by atomic mass is 9.82. The van der Waals surface area contributed by atoms with Gasteiger partial charge in [0, 0.05) is 5.41 Å². The van der Waals surface area contributed by atoms with Crippen molar-refractivity contribution in [2.24, 2.45) is 0 Å². The van der Waals surface area contributed by atoms with Gasteiger partial charge in [0.15, 0.2) is 0 Å². The lowest BCUT2D eigenvalue weighted by Gasteiger charge is -2.24. The Hall–Kier alpha value is -0.820. The second-order valence-electron chi connectivity index (χ2n) is 5.18. The molecule has 1 N–H and O–H groups in total. The summed E-state index contributed by atoms with van der Waals surface area (Å²) in [6.07, 6.45) is 2.36. The summed E-state index contributed by atoms with van der Waals surface area (Å²) >= 11 is 0. The van der Waals surface area contributed by atoms with Crippen molar-refractivity contribution in [2.75, 3.05) is 6.61 Å². The van der Waals surface area contributed by atoms with Crippen LogP contribution in [0.25, 0.3) is 0 Å². The third-order valence-corrected chi connectivity index (χ3v) is 3.52. The van der Waals surface area contributed by atoms with Crippen LogP contribution in [0.4, 0.5) is 0 Å². The molecule has 0 unspecified atom stereocenters. The van der Waals surface area contributed by atoms with E-state index in [4.69, 9.17) is 0 Å². The monoisotopic (exact) mass is 220 g/mol. The molecule has 1 heteroatoms. The molecule has 0 aliphatic heterocycles. The first-order valence-electron chi connectivity index (χ1n) is 6.26. The smallest absolute Gasteiger partial charge is 0.0522 e. The number of hydrogen-bond acceptors (Lipinski definition) is 1. The van der Waals surface area contributed by atoms with Gasteiger partial charge in [-0.15, -0.1) is 0 Å². The molecule has 16 heavy (non-hydrogen) atoms. The van der Waals surface area contributed by atoms with E-state index in [9.17, 15) is 5.11 Å². The summed E-state index contributed by atoms with van der Waals surface area (Å²) in [7, 11) is 0. The molecule has 0 heterocycles. The van der Waals surface area contributed by atoms with Gasteiger partial charge in [0.25, 0.3) is 0 Å². The molecule has 0 saturated heterocycles. The Labute approximate surface area is 99.5 Å². The van der Waals surface area contributed by atoms with Crippen LogP contribution in [0.15, 0.2) is 24.3 Å². The van der Waals surface area contributed by atoms with E-state index in [1.165, 1.54) is 24.0 Å². The van der Waals surface area contributed by atoms with E-state index in [1.807, 2.05) is 0 Å². The Morgan fingerprint density at radius 1 is 1.19 bits per heavy atom. The molecule has 0 bridgehead atoms. The molecule has 0 amide bonds. The highest BCUT2D eigenvalue weighted by Gasteiger charge is 2.20. The van der Waals surface area contributed by atoms with Crippen LogP contribution in [-0.4, -0.2) is 11.7 Å². The maximum Gasteiger partial charge on any atom is 0.0522 e. The normalized spacial score (nSPS) is 12.1. The standard InChI is InChI=1S/C15H24O/c1-5-12(6-2)13-8-7-9-14(10-13)15(3,4)11-16/h7-10,12,16H,5-6,11H2,1-4H3. The third-order valence-electron chi connectivity index (χ3n) is 3.52. The minimum atomic E-state index is -0.137. The van der Waals surface area contributed by atoms with Crippen molar-refractivity contribution in [3.05, 3.63) is 35.4 Å². The Morgan fingerprint density at radius 2 is 1.81 bits per heavy atom. The van der Waals surface area contributed by atoms with Gasteiger partial charge in [-0.1, -0.05) is 52.0 Å². The van der Waals surface area contributed by atoms with Crippen LogP contribution in [0.3, 0.4) is 0 Å². The SMILES string of the molecule is CCC(CC)c1cccc(C(C)(C)CO)c1. The van der Waals surface area contributed by atoms with Crippen molar-refractivity contribution in [2.45, 2.75) is 51.9 Å². The second-order valence-corrected chi connectivity index (χ2v) is 5.18. The van der Waals surface area contributed by atoms with E-state index in [-0.39, 0.29) is 12.0 Å². The summed E-state index contributed by atoms with van der Waals surface area (Å²) in [6.45, 7) is 8.83. The zero-order valence-electron chi connectivity index (χ0n) is 11.0. The Balaban J connectivity index is 3.03. The number of aliphatic hydroxyl groups excluding tert-OH is 1. The average Bonchev–Trinajstić information content (AvgIpc) is 2.31. The fraction of sp³-hybridized carbons (Fsp3) is 0.600. The first-order valence-corrected chi connectivity index (χ1v) is 6.26. The molecule has 1 rings (SSSR count). The van der Waals surface area contributed by atoms with Gasteiger partial charge in [-0.25, -0.2) is 0 Å². The van der Waals surface area contributed by atoms with Gasteiger partial charge >= 0.3 is 0 Å². The quantitative estimate of drug-likeness (QED) is 0.799. The van der Waals surface area contributed by atoms with Crippen LogP contribution in [0.5, 0.6) is 0 Å². The van der Waals surface area contributed by atoms with Crippen LogP contribution in [0.2, 0.25) is 0 Å². The molecule has 90 valence electrons. The summed E-state index contributed by atoms with van der Waals surface area (Å²) in [6, 6.07) is 8.69. The minimum absolute atomic E-state index is 0.137. The van der Waals surface area contributed by atoms with Crippen LogP contribution >= 0.6 is 0 Å². The predicted octanol–water partition coefficient (Wildman–Crippen LogP) is 3.86. The van der Waals surface area contributed by atoms with Crippen molar-refractivity contribution in [3.63, 3.8) is 0 Å². The highest BCUT2D eigenvalue weighted by molar-refractivity contribution is 5.31. The highest BCUT2D eigenvalue weighted by Crippen LogP contribution is 2.28. The van der Waals surface area contributed by atoms with Crippen LogP contribution < -0.4 is 0 Å². The number of benzene rings is 1. The summed E-state index contributed by atoms with van der Waals surface area (Å²) in [5, 5.41) is 9.39. The zero-order valence-corrected chi connectivity index (χ0v) is 11.0. The Morgan fingerprint density at radius 3 is 2.31 bits per heavy atom. The van der Waals surface area contributed by atoms with E-state index >= 15 is 0 Å². The second kappa shape index (κ2) is 5.49. The molecule has 0 aliphatic carbocycles. The van der Waals surface area contributed by atoms with Gasteiger partial charge in [-0.2, -0.15) is 0 Å². The van der Waals surface area contributed by atoms with Gasteiger partial charge in [0.2, 0.25) is 0 Å². The molecule has 0 radical (unpaired) electrons. The molecule has 1 aromatic rings. The molecule has 0 aliphatic rings. The molecule has 0 aromatic heterocycles. The molecular weight excluding hydrogens is 196 g/mol. The molecular formula is C15H24O. The molecule has 0 spiro atoms. The van der Waals surface area contributed by atoms with Crippen molar-refractivity contribution in [3.8, 4) is 0 Å². The molecule has 0 atom stereocenters. The van der Waals surface area contributed by atoms with Gasteiger partial charge in [0.05, 0.1) is 6.61 Å². The van der Waals surface area contributed by atoms with Gasteiger partial charge in [-0.05, 0) is 29.9 Å². The molecule has 0 saturated carbocycles. The van der Waals surface area contributed by atoms with Crippen LogP contribution in [0.1, 0.15) is 57.6 Å². The number of aliphatic hydroxyl groups is 1. The maximum absolute atomic E-state index is 9.39. The van der Waals surface area contributed by atoms with Crippen molar-refractivity contribution in [1.82, 2.24) is 0 Å². The first-order chi connectivity index (χ1) is 7.55. The molecule has 1 nitrogen and oxygen atoms in total.